The van der Waals surface area contributed by atoms with Gasteiger partial charge in [-0.2, -0.15) is 0 Å². The van der Waals surface area contributed by atoms with Crippen LogP contribution in [0.3, 0.4) is 0 Å². The van der Waals surface area contributed by atoms with E-state index >= 15 is 0 Å². The van der Waals surface area contributed by atoms with Crippen molar-refractivity contribution in [2.24, 2.45) is 0 Å². The van der Waals surface area contributed by atoms with Gasteiger partial charge in [-0.05, 0) is 42.8 Å². The highest BCUT2D eigenvalue weighted by Gasteiger charge is 2.34. The second-order valence-corrected chi connectivity index (χ2v) is 4.99. The van der Waals surface area contributed by atoms with Crippen molar-refractivity contribution in [3.05, 3.63) is 53.8 Å². The highest BCUT2D eigenvalue weighted by Crippen LogP contribution is 2.30. The third kappa shape index (κ3) is 2.76. The molecule has 0 radical (unpaired) electrons. The van der Waals surface area contributed by atoms with Crippen LogP contribution >= 0.6 is 0 Å². The molecule has 112 valence electrons. The zero-order chi connectivity index (χ0) is 15.7. The Morgan fingerprint density at radius 3 is 2.86 bits per heavy atom. The lowest BCUT2D eigenvalue weighted by Gasteiger charge is -2.25. The molecule has 0 aliphatic carbocycles. The Labute approximate surface area is 126 Å². The van der Waals surface area contributed by atoms with Gasteiger partial charge in [0.2, 0.25) is 0 Å². The van der Waals surface area contributed by atoms with E-state index in [4.69, 9.17) is 4.74 Å². The summed E-state index contributed by atoms with van der Waals surface area (Å²) >= 11 is 0. The molecule has 5 nitrogen and oxygen atoms in total. The van der Waals surface area contributed by atoms with E-state index in [0.29, 0.717) is 11.4 Å². The number of amides is 2. The minimum Gasteiger partial charge on any atom is -0.468 e. The van der Waals surface area contributed by atoms with Gasteiger partial charge in [0.1, 0.15) is 11.6 Å². The third-order valence-electron chi connectivity index (χ3n) is 3.21. The molecule has 1 aliphatic heterocycles. The molecule has 2 N–H and O–H groups in total. The van der Waals surface area contributed by atoms with Gasteiger partial charge >= 0.3 is 0 Å². The van der Waals surface area contributed by atoms with Crippen molar-refractivity contribution in [1.82, 2.24) is 0 Å². The molecule has 1 heterocycles. The molecule has 0 unspecified atom stereocenters. The molecule has 0 saturated carbocycles. The average Bonchev–Trinajstić information content (AvgIpc) is 2.46. The zero-order valence-corrected chi connectivity index (χ0v) is 11.7. The molecular weight excluding hydrogens is 287 g/mol. The Kier molecular flexibility index (Phi) is 3.50. The molecule has 0 saturated heterocycles. The maximum Gasteiger partial charge on any atom is 0.275 e. The number of carbonyl (C=O) groups excluding carboxylic acids is 2. The van der Waals surface area contributed by atoms with Crippen LogP contribution in [0.5, 0.6) is 5.75 Å². The van der Waals surface area contributed by atoms with Crippen LogP contribution in [-0.4, -0.2) is 17.9 Å². The Morgan fingerprint density at radius 2 is 2.09 bits per heavy atom. The lowest BCUT2D eigenvalue weighted by molar-refractivity contribution is -0.133. The van der Waals surface area contributed by atoms with Gasteiger partial charge in [-0.3, -0.25) is 9.59 Å². The van der Waals surface area contributed by atoms with Gasteiger partial charge in [0.05, 0.1) is 5.69 Å². The molecule has 1 aliphatic rings. The summed E-state index contributed by atoms with van der Waals surface area (Å²) in [6.07, 6.45) is -1.32. The first-order chi connectivity index (χ1) is 10.5. The minimum atomic E-state index is -1.32. The van der Waals surface area contributed by atoms with Gasteiger partial charge in [-0.25, -0.2) is 4.39 Å². The summed E-state index contributed by atoms with van der Waals surface area (Å²) in [5.41, 5.74) is 1.75. The fraction of sp³-hybridized carbons (Fsp3) is 0.125. The molecular formula is C16H13FN2O3. The maximum absolute atomic E-state index is 13.1. The summed E-state index contributed by atoms with van der Waals surface area (Å²) in [5, 5.41) is 5.09. The number of carbonyl (C=O) groups is 2. The van der Waals surface area contributed by atoms with Gasteiger partial charge in [0.25, 0.3) is 17.9 Å². The lowest BCUT2D eigenvalue weighted by atomic mass is 10.1. The number of hydrogen-bond acceptors (Lipinski definition) is 3. The van der Waals surface area contributed by atoms with Crippen molar-refractivity contribution in [3.63, 3.8) is 0 Å². The van der Waals surface area contributed by atoms with Crippen molar-refractivity contribution in [2.45, 2.75) is 13.0 Å². The number of aryl methyl sites for hydroxylation is 1. The summed E-state index contributed by atoms with van der Waals surface area (Å²) in [6, 6.07) is 10.7. The van der Waals surface area contributed by atoms with E-state index in [-0.39, 0.29) is 5.69 Å². The largest absolute Gasteiger partial charge is 0.468 e. The van der Waals surface area contributed by atoms with E-state index < -0.39 is 23.7 Å². The monoisotopic (exact) mass is 300 g/mol. The number of rotatable bonds is 2. The van der Waals surface area contributed by atoms with Crippen LogP contribution < -0.4 is 15.4 Å². The smallest absolute Gasteiger partial charge is 0.275 e. The molecule has 0 fully saturated rings. The summed E-state index contributed by atoms with van der Waals surface area (Å²) in [7, 11) is 0. The van der Waals surface area contributed by atoms with Gasteiger partial charge in [-0.1, -0.05) is 12.1 Å². The summed E-state index contributed by atoms with van der Waals surface area (Å²) in [5.74, 6) is -1.28. The van der Waals surface area contributed by atoms with Crippen LogP contribution in [0.25, 0.3) is 0 Å². The summed E-state index contributed by atoms with van der Waals surface area (Å²) in [6.45, 7) is 1.88. The van der Waals surface area contributed by atoms with Crippen molar-refractivity contribution < 1.29 is 18.7 Å². The second-order valence-electron chi connectivity index (χ2n) is 4.99. The number of nitrogens with one attached hydrogen (secondary N) is 2. The first-order valence-electron chi connectivity index (χ1n) is 6.67. The van der Waals surface area contributed by atoms with E-state index in [1.165, 1.54) is 18.2 Å². The lowest BCUT2D eigenvalue weighted by Crippen LogP contribution is -2.45. The van der Waals surface area contributed by atoms with Crippen molar-refractivity contribution in [1.29, 1.82) is 0 Å². The van der Waals surface area contributed by atoms with E-state index in [9.17, 15) is 14.0 Å². The molecule has 2 aromatic rings. The maximum atomic E-state index is 13.1. The standard InChI is InChI=1S/C16H13FN2O3/c1-9-5-6-13-12(7-9)19-16(21)14(22-13)15(20)18-11-4-2-3-10(17)8-11/h2-8,14H,1H3,(H,18,20)(H,19,21)/t14-/m1/s1. The van der Waals surface area contributed by atoms with E-state index in [0.717, 1.165) is 11.6 Å². The van der Waals surface area contributed by atoms with E-state index in [1.807, 2.05) is 13.0 Å². The number of hydrogen-bond donors (Lipinski definition) is 2. The quantitative estimate of drug-likeness (QED) is 0.837. The Balaban J connectivity index is 1.79. The fourth-order valence-corrected chi connectivity index (χ4v) is 2.17. The van der Waals surface area contributed by atoms with Gasteiger partial charge in [0, 0.05) is 5.69 Å². The molecule has 22 heavy (non-hydrogen) atoms. The molecule has 1 atom stereocenters. The number of fused-ring (bicyclic) bond motifs is 1. The molecule has 6 heteroatoms. The molecule has 0 spiro atoms. The Hall–Kier alpha value is -2.89. The Morgan fingerprint density at radius 1 is 1.27 bits per heavy atom. The highest BCUT2D eigenvalue weighted by molar-refractivity contribution is 6.15. The van der Waals surface area contributed by atoms with Crippen LogP contribution in [-0.2, 0) is 9.59 Å². The molecule has 0 aromatic heterocycles. The summed E-state index contributed by atoms with van der Waals surface area (Å²) in [4.78, 5) is 24.1. The molecule has 2 amide bonds. The van der Waals surface area contributed by atoms with Crippen LogP contribution in [0, 0.1) is 12.7 Å². The summed E-state index contributed by atoms with van der Waals surface area (Å²) < 4.78 is 18.6. The van der Waals surface area contributed by atoms with Crippen molar-refractivity contribution >= 4 is 23.2 Å². The number of benzene rings is 2. The fourth-order valence-electron chi connectivity index (χ4n) is 2.17. The van der Waals surface area contributed by atoms with Crippen LogP contribution in [0.1, 0.15) is 5.56 Å². The minimum absolute atomic E-state index is 0.260. The van der Waals surface area contributed by atoms with Crippen LogP contribution in [0.2, 0.25) is 0 Å². The molecule has 0 bridgehead atoms. The normalized spacial score (nSPS) is 16.3. The highest BCUT2D eigenvalue weighted by atomic mass is 19.1. The van der Waals surface area contributed by atoms with E-state index in [1.54, 1.807) is 12.1 Å². The Bertz CT molecular complexity index is 761. The zero-order valence-electron chi connectivity index (χ0n) is 11.7. The molecule has 2 aromatic carbocycles. The topological polar surface area (TPSA) is 67.4 Å². The third-order valence-corrected chi connectivity index (χ3v) is 3.21. The predicted molar refractivity (Wildman–Crippen MR) is 79.3 cm³/mol. The molecule has 3 rings (SSSR count). The van der Waals surface area contributed by atoms with Crippen LogP contribution in [0.4, 0.5) is 15.8 Å². The first-order valence-corrected chi connectivity index (χ1v) is 6.67. The second kappa shape index (κ2) is 5.48. The van der Waals surface area contributed by atoms with Gasteiger partial charge in [0.15, 0.2) is 0 Å². The number of ether oxygens (including phenoxy) is 1. The number of anilines is 2. The van der Waals surface area contributed by atoms with Crippen LogP contribution in [0.15, 0.2) is 42.5 Å². The van der Waals surface area contributed by atoms with Crippen molar-refractivity contribution in [3.8, 4) is 5.75 Å². The average molecular weight is 300 g/mol. The predicted octanol–water partition coefficient (Wildman–Crippen LogP) is 2.47. The first kappa shape index (κ1) is 14.1. The van der Waals surface area contributed by atoms with Crippen molar-refractivity contribution in [2.75, 3.05) is 10.6 Å². The SMILES string of the molecule is Cc1ccc2c(c1)NC(=O)[C@@H](C(=O)Nc1cccc(F)c1)O2. The van der Waals surface area contributed by atoms with Gasteiger partial charge < -0.3 is 15.4 Å². The number of halogens is 1. The van der Waals surface area contributed by atoms with Gasteiger partial charge in [-0.15, -0.1) is 0 Å². The van der Waals surface area contributed by atoms with E-state index in [2.05, 4.69) is 10.6 Å².